The zero-order valence-corrected chi connectivity index (χ0v) is 10.00. The van der Waals surface area contributed by atoms with E-state index in [2.05, 4.69) is 10.3 Å². The smallest absolute Gasteiger partial charge is 0.363 e. The highest BCUT2D eigenvalue weighted by Gasteiger charge is 2.13. The number of carboxylic acids is 1. The molecule has 2 N–H and O–H groups in total. The van der Waals surface area contributed by atoms with Crippen LogP contribution in [0, 0.1) is 10.1 Å². The predicted octanol–water partition coefficient (Wildman–Crippen LogP) is 2.05. The number of nitrogens with one attached hydrogen (secondary N) is 1. The maximum absolute atomic E-state index is 10.7. The molecule has 7 nitrogen and oxygen atoms in total. The number of aromatic nitrogens is 1. The maximum Gasteiger partial charge on any atom is 0.363 e. The molecule has 0 saturated carbocycles. The Labute approximate surface area is 104 Å². The van der Waals surface area contributed by atoms with Crippen molar-refractivity contribution in [1.29, 1.82) is 0 Å². The van der Waals surface area contributed by atoms with E-state index in [-0.39, 0.29) is 18.3 Å². The summed E-state index contributed by atoms with van der Waals surface area (Å²) in [4.78, 5) is 24.2. The highest BCUT2D eigenvalue weighted by molar-refractivity contribution is 5.68. The Bertz CT molecular complexity index is 419. The van der Waals surface area contributed by atoms with Crippen LogP contribution in [0.2, 0.25) is 0 Å². The van der Waals surface area contributed by atoms with Gasteiger partial charge >= 0.3 is 11.8 Å². The fraction of sp³-hybridized carbons (Fsp3) is 0.455. The second kappa shape index (κ2) is 6.53. The van der Waals surface area contributed by atoms with E-state index in [9.17, 15) is 14.9 Å². The number of hydrogen-bond donors (Lipinski definition) is 2. The van der Waals surface area contributed by atoms with Crippen molar-refractivity contribution < 1.29 is 14.8 Å². The van der Waals surface area contributed by atoms with E-state index in [1.165, 1.54) is 18.3 Å². The Balaban J connectivity index is 2.68. The minimum absolute atomic E-state index is 0.00479. The first kappa shape index (κ1) is 13.9. The van der Waals surface area contributed by atoms with Gasteiger partial charge in [-0.3, -0.25) is 4.79 Å². The molecule has 0 aliphatic carbocycles. The van der Waals surface area contributed by atoms with E-state index in [1.54, 1.807) is 0 Å². The van der Waals surface area contributed by atoms with Crippen molar-refractivity contribution in [3.05, 3.63) is 28.4 Å². The second-order valence-electron chi connectivity index (χ2n) is 3.89. The molecule has 1 aromatic rings. The number of hydrogen-bond acceptors (Lipinski definition) is 5. The molecule has 0 aliphatic heterocycles. The largest absolute Gasteiger partial charge is 0.481 e. The van der Waals surface area contributed by atoms with Gasteiger partial charge in [0.15, 0.2) is 6.20 Å². The minimum Gasteiger partial charge on any atom is -0.481 e. The van der Waals surface area contributed by atoms with Crippen LogP contribution in [0.5, 0.6) is 0 Å². The molecule has 0 aliphatic rings. The Kier molecular flexibility index (Phi) is 5.04. The van der Waals surface area contributed by atoms with Crippen LogP contribution in [0.25, 0.3) is 0 Å². The van der Waals surface area contributed by atoms with Crippen molar-refractivity contribution in [3.63, 3.8) is 0 Å². The first-order valence-corrected chi connectivity index (χ1v) is 5.61. The van der Waals surface area contributed by atoms with Crippen molar-refractivity contribution in [2.75, 3.05) is 5.32 Å². The van der Waals surface area contributed by atoms with Gasteiger partial charge in [-0.2, -0.15) is 0 Å². The lowest BCUT2D eigenvalue weighted by Gasteiger charge is -2.16. The summed E-state index contributed by atoms with van der Waals surface area (Å²) in [5.74, 6) is -1.11. The average molecular weight is 253 g/mol. The number of nitro groups is 1. The third kappa shape index (κ3) is 4.36. The van der Waals surface area contributed by atoms with Crippen LogP contribution in [0.15, 0.2) is 18.3 Å². The molecule has 1 heterocycles. The fourth-order valence-electron chi connectivity index (χ4n) is 1.60. The van der Waals surface area contributed by atoms with Crippen LogP contribution in [0.4, 0.5) is 11.5 Å². The van der Waals surface area contributed by atoms with Crippen molar-refractivity contribution in [3.8, 4) is 0 Å². The quantitative estimate of drug-likeness (QED) is 0.569. The summed E-state index contributed by atoms with van der Waals surface area (Å²) in [7, 11) is 0. The Morgan fingerprint density at radius 3 is 2.78 bits per heavy atom. The van der Waals surface area contributed by atoms with Crippen LogP contribution < -0.4 is 5.32 Å². The lowest BCUT2D eigenvalue weighted by atomic mass is 10.1. The topological polar surface area (TPSA) is 105 Å². The summed E-state index contributed by atoms with van der Waals surface area (Å²) in [6, 6.07) is 2.61. The lowest BCUT2D eigenvalue weighted by molar-refractivity contribution is -0.389. The molecule has 0 saturated heterocycles. The molecule has 0 aromatic carbocycles. The summed E-state index contributed by atoms with van der Waals surface area (Å²) in [6.07, 6.45) is 2.90. The van der Waals surface area contributed by atoms with Gasteiger partial charge in [-0.05, 0) is 22.4 Å². The molecule has 18 heavy (non-hydrogen) atoms. The summed E-state index contributed by atoms with van der Waals surface area (Å²) in [5.41, 5.74) is 0.584. The van der Waals surface area contributed by atoms with Gasteiger partial charge in [0.25, 0.3) is 0 Å². The summed E-state index contributed by atoms with van der Waals surface area (Å²) >= 11 is 0. The van der Waals surface area contributed by atoms with Crippen molar-refractivity contribution in [2.45, 2.75) is 32.2 Å². The summed E-state index contributed by atoms with van der Waals surface area (Å²) in [5, 5.41) is 22.2. The SMILES string of the molecule is CCCC(CC(=O)O)Nc1ccc([N+](=O)[O-])nc1. The van der Waals surface area contributed by atoms with E-state index < -0.39 is 10.9 Å². The van der Waals surface area contributed by atoms with Gasteiger partial charge in [-0.15, -0.1) is 0 Å². The first-order valence-electron chi connectivity index (χ1n) is 5.61. The third-order valence-corrected chi connectivity index (χ3v) is 2.36. The Morgan fingerprint density at radius 1 is 1.61 bits per heavy atom. The van der Waals surface area contributed by atoms with Crippen molar-refractivity contribution in [1.82, 2.24) is 4.98 Å². The van der Waals surface area contributed by atoms with Crippen LogP contribution in [-0.4, -0.2) is 27.0 Å². The number of carbonyl (C=O) groups is 1. The Morgan fingerprint density at radius 2 is 2.33 bits per heavy atom. The monoisotopic (exact) mass is 253 g/mol. The molecular formula is C11H15N3O4. The number of carboxylic acid groups (broad SMARTS) is 1. The molecule has 0 fully saturated rings. The van der Waals surface area contributed by atoms with Crippen LogP contribution in [-0.2, 0) is 4.79 Å². The summed E-state index contributed by atoms with van der Waals surface area (Å²) < 4.78 is 0. The summed E-state index contributed by atoms with van der Waals surface area (Å²) in [6.45, 7) is 1.96. The van der Waals surface area contributed by atoms with Gasteiger partial charge in [0.05, 0.1) is 12.1 Å². The van der Waals surface area contributed by atoms with Crippen LogP contribution in [0.1, 0.15) is 26.2 Å². The minimum atomic E-state index is -0.879. The van der Waals surface area contributed by atoms with E-state index >= 15 is 0 Å². The van der Waals surface area contributed by atoms with Crippen LogP contribution >= 0.6 is 0 Å². The number of pyridine rings is 1. The zero-order valence-electron chi connectivity index (χ0n) is 10.00. The molecular weight excluding hydrogens is 238 g/mol. The van der Waals surface area contributed by atoms with E-state index in [4.69, 9.17) is 5.11 Å². The molecule has 1 unspecified atom stereocenters. The van der Waals surface area contributed by atoms with E-state index in [0.29, 0.717) is 12.1 Å². The number of anilines is 1. The van der Waals surface area contributed by atoms with Gasteiger partial charge in [-0.1, -0.05) is 13.3 Å². The average Bonchev–Trinajstić information content (AvgIpc) is 2.29. The molecule has 7 heteroatoms. The molecule has 98 valence electrons. The third-order valence-electron chi connectivity index (χ3n) is 2.36. The normalized spacial score (nSPS) is 11.8. The highest BCUT2D eigenvalue weighted by atomic mass is 16.6. The molecule has 0 amide bonds. The highest BCUT2D eigenvalue weighted by Crippen LogP contribution is 2.15. The molecule has 0 bridgehead atoms. The number of aliphatic carboxylic acids is 1. The standard InChI is InChI=1S/C11H15N3O4/c1-2-3-8(6-11(15)16)13-9-4-5-10(12-7-9)14(17)18/h4-5,7-8,13H,2-3,6H2,1H3,(H,15,16). The van der Waals surface area contributed by atoms with Crippen LogP contribution in [0.3, 0.4) is 0 Å². The molecule has 1 aromatic heterocycles. The molecule has 1 atom stereocenters. The maximum atomic E-state index is 10.7. The van der Waals surface area contributed by atoms with Gasteiger partial charge in [0, 0.05) is 12.1 Å². The zero-order chi connectivity index (χ0) is 13.5. The van der Waals surface area contributed by atoms with Gasteiger partial charge in [-0.25, -0.2) is 0 Å². The first-order chi connectivity index (χ1) is 8.52. The molecule has 0 spiro atoms. The van der Waals surface area contributed by atoms with E-state index in [1.807, 2.05) is 6.92 Å². The van der Waals surface area contributed by atoms with Crippen molar-refractivity contribution in [2.24, 2.45) is 0 Å². The Hall–Kier alpha value is -2.18. The van der Waals surface area contributed by atoms with Gasteiger partial charge < -0.3 is 20.5 Å². The molecule has 0 radical (unpaired) electrons. The van der Waals surface area contributed by atoms with Gasteiger partial charge in [0.2, 0.25) is 0 Å². The number of nitrogens with zero attached hydrogens (tertiary/aromatic N) is 2. The lowest BCUT2D eigenvalue weighted by Crippen LogP contribution is -2.23. The second-order valence-corrected chi connectivity index (χ2v) is 3.89. The van der Waals surface area contributed by atoms with Gasteiger partial charge in [0.1, 0.15) is 0 Å². The number of rotatable bonds is 7. The van der Waals surface area contributed by atoms with E-state index in [0.717, 1.165) is 6.42 Å². The molecule has 1 rings (SSSR count). The fourth-order valence-corrected chi connectivity index (χ4v) is 1.60. The van der Waals surface area contributed by atoms with Crippen molar-refractivity contribution >= 4 is 17.5 Å². The predicted molar refractivity (Wildman–Crippen MR) is 65.5 cm³/mol.